The Kier molecular flexibility index (Phi) is 5.45. The van der Waals surface area contributed by atoms with Gasteiger partial charge in [0.1, 0.15) is 4.90 Å². The highest BCUT2D eigenvalue weighted by atomic mass is 35.5. The van der Waals surface area contributed by atoms with Gasteiger partial charge in [0.25, 0.3) is 10.0 Å². The van der Waals surface area contributed by atoms with Crippen molar-refractivity contribution in [3.05, 3.63) is 87.7 Å². The largest absolute Gasteiger partial charge is 0.324 e. The van der Waals surface area contributed by atoms with E-state index in [2.05, 4.69) is 20.0 Å². The number of nitrogens with zero attached hydrogens (tertiary/aromatic N) is 2. The number of halogens is 2. The molecule has 0 spiro atoms. The molecule has 0 aliphatic carbocycles. The summed E-state index contributed by atoms with van der Waals surface area (Å²) in [4.78, 5) is 8.65. The molecule has 29 heavy (non-hydrogen) atoms. The maximum Gasteiger partial charge on any atom is 0.266 e. The van der Waals surface area contributed by atoms with E-state index >= 15 is 0 Å². The summed E-state index contributed by atoms with van der Waals surface area (Å²) in [7, 11) is -3.76. The van der Waals surface area contributed by atoms with Crippen LogP contribution >= 0.6 is 23.2 Å². The van der Waals surface area contributed by atoms with Gasteiger partial charge in [-0.2, -0.15) is 0 Å². The molecule has 2 aromatic carbocycles. The van der Waals surface area contributed by atoms with E-state index in [1.54, 1.807) is 30.5 Å². The maximum atomic E-state index is 12.7. The van der Waals surface area contributed by atoms with Gasteiger partial charge in [0.15, 0.2) is 0 Å². The van der Waals surface area contributed by atoms with Crippen LogP contribution in [0.3, 0.4) is 0 Å². The number of para-hydroxylation sites is 1. The molecule has 0 radical (unpaired) electrons. The summed E-state index contributed by atoms with van der Waals surface area (Å²) in [5, 5.41) is 4.19. The molecule has 0 unspecified atom stereocenters. The third kappa shape index (κ3) is 4.22. The van der Waals surface area contributed by atoms with Gasteiger partial charge in [-0.1, -0.05) is 53.5 Å². The smallest absolute Gasteiger partial charge is 0.266 e. The van der Waals surface area contributed by atoms with Crippen LogP contribution in [0.1, 0.15) is 16.8 Å². The number of benzene rings is 2. The number of anilines is 1. The normalized spacial score (nSPS) is 16.0. The first-order chi connectivity index (χ1) is 13.9. The van der Waals surface area contributed by atoms with Crippen LogP contribution in [0.25, 0.3) is 0 Å². The van der Waals surface area contributed by atoms with E-state index < -0.39 is 10.0 Å². The predicted octanol–water partition coefficient (Wildman–Crippen LogP) is 4.24. The molecule has 0 bridgehead atoms. The molecule has 3 aromatic rings. The van der Waals surface area contributed by atoms with E-state index in [0.29, 0.717) is 27.8 Å². The standard InChI is InChI=1S/C20H16Cl2N4O2S/c21-15-7-2-1-5-13(15)11-14-6-3-9-18-19(14)25-20(26-29(18,27)28)24-12-17-16(22)8-4-10-23-17/h1-10H,11-12H2,(H2,24,25,26). The van der Waals surface area contributed by atoms with Crippen LogP contribution < -0.4 is 10.0 Å². The zero-order chi connectivity index (χ0) is 20.4. The minimum atomic E-state index is -3.76. The number of rotatable bonds is 4. The average Bonchev–Trinajstić information content (AvgIpc) is 2.69. The van der Waals surface area contributed by atoms with Crippen LogP contribution in [0, 0.1) is 0 Å². The lowest BCUT2D eigenvalue weighted by Gasteiger charge is -2.24. The van der Waals surface area contributed by atoms with Gasteiger partial charge in [0.05, 0.1) is 22.9 Å². The zero-order valence-corrected chi connectivity index (χ0v) is 17.4. The molecule has 0 atom stereocenters. The summed E-state index contributed by atoms with van der Waals surface area (Å²) in [5.41, 5.74) is 2.73. The van der Waals surface area contributed by atoms with Gasteiger partial charge in [-0.3, -0.25) is 4.98 Å². The van der Waals surface area contributed by atoms with Gasteiger partial charge in [0.2, 0.25) is 5.96 Å². The number of aliphatic imine (C=N–C) groups is 1. The first-order valence-electron chi connectivity index (χ1n) is 8.73. The second kappa shape index (κ2) is 8.02. The van der Waals surface area contributed by atoms with Gasteiger partial charge >= 0.3 is 0 Å². The molecule has 148 valence electrons. The Morgan fingerprint density at radius 1 is 0.931 bits per heavy atom. The quantitative estimate of drug-likeness (QED) is 0.627. The van der Waals surface area contributed by atoms with Crippen molar-refractivity contribution in [2.75, 3.05) is 5.32 Å². The number of hydrogen-bond acceptors (Lipinski definition) is 4. The van der Waals surface area contributed by atoms with Crippen molar-refractivity contribution >= 4 is 44.9 Å². The topological polar surface area (TPSA) is 83.5 Å². The minimum absolute atomic E-state index is 0.117. The van der Waals surface area contributed by atoms with E-state index in [9.17, 15) is 8.42 Å². The number of nitrogens with one attached hydrogen (secondary N) is 2. The van der Waals surface area contributed by atoms with Crippen LogP contribution in [0.2, 0.25) is 10.0 Å². The first kappa shape index (κ1) is 19.7. The van der Waals surface area contributed by atoms with Crippen LogP contribution in [0.15, 0.2) is 70.7 Å². The van der Waals surface area contributed by atoms with Crippen molar-refractivity contribution in [1.29, 1.82) is 0 Å². The minimum Gasteiger partial charge on any atom is -0.324 e. The van der Waals surface area contributed by atoms with Crippen molar-refractivity contribution in [3.63, 3.8) is 0 Å². The summed E-state index contributed by atoms with van der Waals surface area (Å²) in [6.07, 6.45) is 2.08. The summed E-state index contributed by atoms with van der Waals surface area (Å²) >= 11 is 12.4. The molecule has 0 saturated heterocycles. The molecule has 0 fully saturated rings. The average molecular weight is 447 g/mol. The number of sulfonamides is 1. The lowest BCUT2D eigenvalue weighted by Crippen LogP contribution is -2.41. The van der Waals surface area contributed by atoms with E-state index in [0.717, 1.165) is 11.1 Å². The van der Waals surface area contributed by atoms with E-state index in [-0.39, 0.29) is 17.4 Å². The number of hydrogen-bond donors (Lipinski definition) is 2. The Hall–Kier alpha value is -2.61. The summed E-state index contributed by atoms with van der Waals surface area (Å²) < 4.78 is 27.9. The third-order valence-electron chi connectivity index (χ3n) is 4.44. The molecule has 6 nitrogen and oxygen atoms in total. The van der Waals surface area contributed by atoms with Crippen LogP contribution in [0.4, 0.5) is 5.69 Å². The van der Waals surface area contributed by atoms with Crippen molar-refractivity contribution in [2.45, 2.75) is 17.9 Å². The zero-order valence-electron chi connectivity index (χ0n) is 15.1. The number of aromatic nitrogens is 1. The highest BCUT2D eigenvalue weighted by Crippen LogP contribution is 2.31. The fraction of sp³-hybridized carbons (Fsp3) is 0.100. The van der Waals surface area contributed by atoms with Gasteiger partial charge < -0.3 is 5.32 Å². The molecule has 1 aliphatic heterocycles. The van der Waals surface area contributed by atoms with Gasteiger partial charge in [0, 0.05) is 17.6 Å². The Balaban J connectivity index is 1.69. The lowest BCUT2D eigenvalue weighted by molar-refractivity contribution is 0.591. The van der Waals surface area contributed by atoms with Crippen molar-refractivity contribution in [3.8, 4) is 0 Å². The fourth-order valence-electron chi connectivity index (χ4n) is 3.02. The van der Waals surface area contributed by atoms with Crippen molar-refractivity contribution in [1.82, 2.24) is 9.71 Å². The molecular weight excluding hydrogens is 431 g/mol. The van der Waals surface area contributed by atoms with Crippen LogP contribution in [0.5, 0.6) is 0 Å². The van der Waals surface area contributed by atoms with E-state index in [1.165, 1.54) is 0 Å². The predicted molar refractivity (Wildman–Crippen MR) is 115 cm³/mol. The third-order valence-corrected chi connectivity index (χ3v) is 6.53. The van der Waals surface area contributed by atoms with Gasteiger partial charge in [-0.05, 0) is 35.4 Å². The second-order valence-electron chi connectivity index (χ2n) is 6.39. The van der Waals surface area contributed by atoms with Crippen molar-refractivity contribution in [2.24, 2.45) is 4.99 Å². The summed E-state index contributed by atoms with van der Waals surface area (Å²) in [6, 6.07) is 16.0. The second-order valence-corrected chi connectivity index (χ2v) is 8.85. The molecular formula is C20H16Cl2N4O2S. The summed E-state index contributed by atoms with van der Waals surface area (Å²) in [5.74, 6) is 0.117. The number of guanidine groups is 1. The van der Waals surface area contributed by atoms with Gasteiger partial charge in [-0.15, -0.1) is 0 Å². The molecule has 0 amide bonds. The number of fused-ring (bicyclic) bond motifs is 1. The molecule has 2 N–H and O–H groups in total. The molecule has 1 aliphatic rings. The molecule has 9 heteroatoms. The molecule has 0 saturated carbocycles. The Labute approximate surface area is 178 Å². The molecule has 2 heterocycles. The van der Waals surface area contributed by atoms with E-state index in [1.807, 2.05) is 30.3 Å². The SMILES string of the molecule is O=S1(=O)NC(=NCc2ncccc2Cl)Nc2c(Cc3ccccc3Cl)cccc21. The fourth-order valence-corrected chi connectivity index (χ4v) is 4.60. The lowest BCUT2D eigenvalue weighted by atomic mass is 10.0. The van der Waals surface area contributed by atoms with E-state index in [4.69, 9.17) is 23.2 Å². The highest BCUT2D eigenvalue weighted by molar-refractivity contribution is 7.90. The van der Waals surface area contributed by atoms with Crippen molar-refractivity contribution < 1.29 is 8.42 Å². The number of pyridine rings is 1. The van der Waals surface area contributed by atoms with Crippen LogP contribution in [-0.4, -0.2) is 19.4 Å². The Morgan fingerprint density at radius 3 is 2.48 bits per heavy atom. The molecule has 1 aromatic heterocycles. The van der Waals surface area contributed by atoms with Gasteiger partial charge in [-0.25, -0.2) is 18.1 Å². The first-order valence-corrected chi connectivity index (χ1v) is 11.0. The Bertz CT molecular complexity index is 1210. The highest BCUT2D eigenvalue weighted by Gasteiger charge is 2.28. The Morgan fingerprint density at radius 2 is 1.69 bits per heavy atom. The van der Waals surface area contributed by atoms with Crippen LogP contribution in [-0.2, 0) is 23.0 Å². The monoisotopic (exact) mass is 446 g/mol. The molecule has 4 rings (SSSR count). The summed E-state index contributed by atoms with van der Waals surface area (Å²) in [6.45, 7) is 0.131. The maximum absolute atomic E-state index is 12.7.